The summed E-state index contributed by atoms with van der Waals surface area (Å²) >= 11 is 5.94. The first-order valence-corrected chi connectivity index (χ1v) is 7.86. The van der Waals surface area contributed by atoms with Crippen LogP contribution in [0.3, 0.4) is 0 Å². The molecule has 8 heteroatoms. The molecule has 0 radical (unpaired) electrons. The van der Waals surface area contributed by atoms with Crippen LogP contribution in [0.1, 0.15) is 17.3 Å². The first-order chi connectivity index (χ1) is 12.0. The van der Waals surface area contributed by atoms with Gasteiger partial charge < -0.3 is 14.2 Å². The number of ether oxygens (including phenoxy) is 3. The summed E-state index contributed by atoms with van der Waals surface area (Å²) in [6.45, 7) is 2.08. The minimum absolute atomic E-state index is 0.0228. The van der Waals surface area contributed by atoms with Crippen LogP contribution in [0.5, 0.6) is 11.5 Å². The molecule has 0 aliphatic carbocycles. The summed E-state index contributed by atoms with van der Waals surface area (Å²) in [6, 6.07) is 10.8. The molecule has 2 aromatic rings. The Labute approximate surface area is 149 Å². The van der Waals surface area contributed by atoms with Gasteiger partial charge in [-0.25, -0.2) is 4.79 Å². The smallest absolute Gasteiger partial charge is 0.338 e. The van der Waals surface area contributed by atoms with E-state index in [0.29, 0.717) is 10.8 Å². The minimum Gasteiger partial charge on any atom is -0.488 e. The van der Waals surface area contributed by atoms with Crippen molar-refractivity contribution in [2.24, 2.45) is 0 Å². The van der Waals surface area contributed by atoms with E-state index in [4.69, 9.17) is 25.8 Å². The van der Waals surface area contributed by atoms with Crippen molar-refractivity contribution in [2.45, 2.75) is 6.92 Å². The molecule has 0 saturated carbocycles. The van der Waals surface area contributed by atoms with Crippen molar-refractivity contribution in [1.29, 1.82) is 0 Å². The predicted molar refractivity (Wildman–Crippen MR) is 91.5 cm³/mol. The van der Waals surface area contributed by atoms with E-state index in [2.05, 4.69) is 0 Å². The molecule has 0 unspecified atom stereocenters. The summed E-state index contributed by atoms with van der Waals surface area (Å²) in [5.74, 6) is -0.100. The molecule has 0 heterocycles. The zero-order valence-electron chi connectivity index (χ0n) is 13.4. The highest BCUT2D eigenvalue weighted by Gasteiger charge is 2.19. The van der Waals surface area contributed by atoms with Gasteiger partial charge in [0.2, 0.25) is 0 Å². The lowest BCUT2D eigenvalue weighted by atomic mass is 10.2. The van der Waals surface area contributed by atoms with Crippen molar-refractivity contribution in [3.05, 3.63) is 63.2 Å². The SMILES string of the molecule is CCOc1ccc(C(=O)OCCOc2ccccc2Cl)cc1[N+](=O)[O-]. The van der Waals surface area contributed by atoms with Crippen LogP contribution in [0, 0.1) is 10.1 Å². The van der Waals surface area contributed by atoms with Crippen LogP contribution in [0.4, 0.5) is 5.69 Å². The highest BCUT2D eigenvalue weighted by atomic mass is 35.5. The summed E-state index contributed by atoms with van der Waals surface area (Å²) in [4.78, 5) is 22.5. The van der Waals surface area contributed by atoms with E-state index in [1.54, 1.807) is 31.2 Å². The van der Waals surface area contributed by atoms with Crippen molar-refractivity contribution in [3.8, 4) is 11.5 Å². The van der Waals surface area contributed by atoms with Gasteiger partial charge >= 0.3 is 11.7 Å². The van der Waals surface area contributed by atoms with Crippen LogP contribution in [-0.4, -0.2) is 30.7 Å². The van der Waals surface area contributed by atoms with Gasteiger partial charge in [0.05, 0.1) is 22.1 Å². The number of benzene rings is 2. The van der Waals surface area contributed by atoms with Crippen LogP contribution in [0.2, 0.25) is 5.02 Å². The van der Waals surface area contributed by atoms with Crippen LogP contribution in [-0.2, 0) is 4.74 Å². The first kappa shape index (κ1) is 18.5. The average molecular weight is 366 g/mol. The van der Waals surface area contributed by atoms with Crippen molar-refractivity contribution < 1.29 is 23.9 Å². The number of carbonyl (C=O) groups excluding carboxylic acids is 1. The number of halogens is 1. The average Bonchev–Trinajstić information content (AvgIpc) is 2.60. The van der Waals surface area contributed by atoms with E-state index < -0.39 is 10.9 Å². The molecule has 132 valence electrons. The van der Waals surface area contributed by atoms with E-state index in [9.17, 15) is 14.9 Å². The second-order valence-corrected chi connectivity index (χ2v) is 5.19. The molecular formula is C17H16ClNO6. The second-order valence-electron chi connectivity index (χ2n) is 4.79. The molecule has 0 saturated heterocycles. The Morgan fingerprint density at radius 2 is 1.88 bits per heavy atom. The molecule has 25 heavy (non-hydrogen) atoms. The summed E-state index contributed by atoms with van der Waals surface area (Å²) < 4.78 is 15.6. The fraction of sp³-hybridized carbons (Fsp3) is 0.235. The Bertz CT molecular complexity index is 765. The Morgan fingerprint density at radius 3 is 2.56 bits per heavy atom. The minimum atomic E-state index is -0.686. The molecule has 2 aromatic carbocycles. The number of para-hydroxylation sites is 1. The van der Waals surface area contributed by atoms with Crippen LogP contribution in [0.25, 0.3) is 0 Å². The van der Waals surface area contributed by atoms with Crippen LogP contribution in [0.15, 0.2) is 42.5 Å². The quantitative estimate of drug-likeness (QED) is 0.305. The monoisotopic (exact) mass is 365 g/mol. The topological polar surface area (TPSA) is 87.9 Å². The maximum atomic E-state index is 12.0. The van der Waals surface area contributed by atoms with Gasteiger partial charge in [-0.15, -0.1) is 0 Å². The molecule has 0 N–H and O–H groups in total. The molecule has 0 fully saturated rings. The lowest BCUT2D eigenvalue weighted by Crippen LogP contribution is -2.13. The maximum Gasteiger partial charge on any atom is 0.338 e. The molecule has 0 aromatic heterocycles. The summed E-state index contributed by atoms with van der Waals surface area (Å²) in [5.41, 5.74) is -0.225. The number of nitro groups is 1. The number of rotatable bonds is 8. The largest absolute Gasteiger partial charge is 0.488 e. The number of hydrogen-bond acceptors (Lipinski definition) is 6. The number of nitro benzene ring substituents is 1. The molecule has 0 atom stereocenters. The fourth-order valence-electron chi connectivity index (χ4n) is 2.00. The predicted octanol–water partition coefficient (Wildman–Crippen LogP) is 3.88. The normalized spacial score (nSPS) is 10.2. The standard InChI is InChI=1S/C17H16ClNO6/c1-2-23-16-8-7-12(11-14(16)19(21)22)17(20)25-10-9-24-15-6-4-3-5-13(15)18/h3-8,11H,2,9-10H2,1H3. The Kier molecular flexibility index (Phi) is 6.59. The number of hydrogen-bond donors (Lipinski definition) is 0. The van der Waals surface area contributed by atoms with Gasteiger partial charge in [0.25, 0.3) is 0 Å². The van der Waals surface area contributed by atoms with Crippen molar-refractivity contribution >= 4 is 23.3 Å². The van der Waals surface area contributed by atoms with E-state index in [1.165, 1.54) is 12.1 Å². The summed E-state index contributed by atoms with van der Waals surface area (Å²) in [5, 5.41) is 11.5. The van der Waals surface area contributed by atoms with Crippen molar-refractivity contribution in [2.75, 3.05) is 19.8 Å². The van der Waals surface area contributed by atoms with Crippen LogP contribution < -0.4 is 9.47 Å². The molecule has 0 amide bonds. The summed E-state index contributed by atoms with van der Waals surface area (Å²) in [7, 11) is 0. The third kappa shape index (κ3) is 5.09. The highest BCUT2D eigenvalue weighted by molar-refractivity contribution is 6.32. The zero-order valence-corrected chi connectivity index (χ0v) is 14.2. The zero-order chi connectivity index (χ0) is 18.2. The highest BCUT2D eigenvalue weighted by Crippen LogP contribution is 2.28. The number of carbonyl (C=O) groups is 1. The molecule has 2 rings (SSSR count). The van der Waals surface area contributed by atoms with E-state index >= 15 is 0 Å². The molecule has 0 bridgehead atoms. The van der Waals surface area contributed by atoms with Gasteiger partial charge in [-0.1, -0.05) is 23.7 Å². The summed E-state index contributed by atoms with van der Waals surface area (Å²) in [6.07, 6.45) is 0. The van der Waals surface area contributed by atoms with Gasteiger partial charge in [0.1, 0.15) is 19.0 Å². The third-order valence-corrected chi connectivity index (χ3v) is 3.41. The molecule has 0 aliphatic rings. The van der Waals surface area contributed by atoms with Gasteiger partial charge in [-0.05, 0) is 31.2 Å². The van der Waals surface area contributed by atoms with Crippen LogP contribution >= 0.6 is 11.6 Å². The number of esters is 1. The molecular weight excluding hydrogens is 350 g/mol. The molecule has 0 spiro atoms. The van der Waals surface area contributed by atoms with Crippen molar-refractivity contribution in [1.82, 2.24) is 0 Å². The maximum absolute atomic E-state index is 12.0. The number of nitrogens with zero attached hydrogens (tertiary/aromatic N) is 1. The Hall–Kier alpha value is -2.80. The lowest BCUT2D eigenvalue weighted by Gasteiger charge is -2.09. The van der Waals surface area contributed by atoms with E-state index in [1.807, 2.05) is 0 Å². The van der Waals surface area contributed by atoms with Gasteiger partial charge in [0.15, 0.2) is 5.75 Å². The third-order valence-electron chi connectivity index (χ3n) is 3.10. The van der Waals surface area contributed by atoms with Gasteiger partial charge in [-0.3, -0.25) is 10.1 Å². The van der Waals surface area contributed by atoms with Crippen molar-refractivity contribution in [3.63, 3.8) is 0 Å². The second kappa shape index (κ2) is 8.89. The van der Waals surface area contributed by atoms with E-state index in [-0.39, 0.29) is 36.8 Å². The molecule has 0 aliphatic heterocycles. The lowest BCUT2D eigenvalue weighted by molar-refractivity contribution is -0.385. The van der Waals surface area contributed by atoms with E-state index in [0.717, 1.165) is 6.07 Å². The molecule has 7 nitrogen and oxygen atoms in total. The van der Waals surface area contributed by atoms with Gasteiger partial charge in [0, 0.05) is 6.07 Å². The Morgan fingerprint density at radius 1 is 1.12 bits per heavy atom. The van der Waals surface area contributed by atoms with Gasteiger partial charge in [-0.2, -0.15) is 0 Å². The first-order valence-electron chi connectivity index (χ1n) is 7.48. The Balaban J connectivity index is 1.93. The fourth-order valence-corrected chi connectivity index (χ4v) is 2.19.